The minimum atomic E-state index is 0.569. The molecule has 32 heavy (non-hydrogen) atoms. The fourth-order valence-corrected chi connectivity index (χ4v) is 4.02. The van der Waals surface area contributed by atoms with Crippen LogP contribution in [0.1, 0.15) is 46.5 Å². The van der Waals surface area contributed by atoms with Crippen molar-refractivity contribution in [2.45, 2.75) is 46.5 Å². The molecular weight excluding hydrogens is 404 g/mol. The number of fused-ring (bicyclic) bond motifs is 1. The normalized spacial score (nSPS) is 19.2. The summed E-state index contributed by atoms with van der Waals surface area (Å²) >= 11 is 0. The van der Waals surface area contributed by atoms with E-state index in [0.717, 1.165) is 68.8 Å². The van der Waals surface area contributed by atoms with Crippen molar-refractivity contribution in [3.8, 4) is 11.5 Å². The minimum absolute atomic E-state index is 0.569. The molecule has 1 saturated heterocycles. The minimum Gasteiger partial charge on any atom is -0.490 e. The number of aliphatic imine (C=N–C) groups is 1. The molecule has 3 rings (SSSR count). The second-order valence-corrected chi connectivity index (χ2v) is 9.23. The van der Waals surface area contributed by atoms with E-state index < -0.39 is 0 Å². The molecule has 1 unspecified atom stereocenters. The van der Waals surface area contributed by atoms with Crippen molar-refractivity contribution < 1.29 is 14.2 Å². The number of anilines is 1. The summed E-state index contributed by atoms with van der Waals surface area (Å²) in [5.74, 6) is 3.61. The average Bonchev–Trinajstić information content (AvgIpc) is 3.09. The fraction of sp³-hybridized carbons (Fsp3) is 0.720. The van der Waals surface area contributed by atoms with Gasteiger partial charge in [0.25, 0.3) is 0 Å². The summed E-state index contributed by atoms with van der Waals surface area (Å²) in [6.07, 6.45) is 4.29. The molecule has 1 atom stereocenters. The number of guanidine groups is 1. The van der Waals surface area contributed by atoms with Crippen LogP contribution in [0.3, 0.4) is 0 Å². The summed E-state index contributed by atoms with van der Waals surface area (Å²) in [5.41, 5.74) is 0.954. The van der Waals surface area contributed by atoms with Gasteiger partial charge in [-0.15, -0.1) is 0 Å². The maximum absolute atomic E-state index is 5.84. The lowest BCUT2D eigenvalue weighted by Gasteiger charge is -2.16. The summed E-state index contributed by atoms with van der Waals surface area (Å²) in [7, 11) is 0. The van der Waals surface area contributed by atoms with E-state index in [1.54, 1.807) is 0 Å². The first-order valence-electron chi connectivity index (χ1n) is 12.4. The van der Waals surface area contributed by atoms with Crippen LogP contribution in [-0.2, 0) is 4.74 Å². The zero-order valence-corrected chi connectivity index (χ0v) is 20.2. The molecule has 1 aromatic rings. The SMILES string of the molecule is CCCN1CCC(CN=C(NCCCOCC(C)C)Nc2ccc3c(c2)OCCCO3)C1. The largest absolute Gasteiger partial charge is 0.490 e. The predicted octanol–water partition coefficient (Wildman–Crippen LogP) is 4.00. The van der Waals surface area contributed by atoms with E-state index in [4.69, 9.17) is 19.2 Å². The number of nitrogens with zero attached hydrogens (tertiary/aromatic N) is 2. The van der Waals surface area contributed by atoms with E-state index in [1.807, 2.05) is 18.2 Å². The van der Waals surface area contributed by atoms with Crippen molar-refractivity contribution >= 4 is 11.6 Å². The molecule has 2 aliphatic rings. The Balaban J connectivity index is 1.56. The van der Waals surface area contributed by atoms with Gasteiger partial charge in [0.15, 0.2) is 17.5 Å². The fourth-order valence-electron chi connectivity index (χ4n) is 4.02. The molecule has 0 radical (unpaired) electrons. The molecule has 1 aromatic carbocycles. The van der Waals surface area contributed by atoms with Crippen LogP contribution in [0.25, 0.3) is 0 Å². The highest BCUT2D eigenvalue weighted by Crippen LogP contribution is 2.32. The average molecular weight is 447 g/mol. The molecule has 2 aliphatic heterocycles. The van der Waals surface area contributed by atoms with Gasteiger partial charge in [0.05, 0.1) is 13.2 Å². The van der Waals surface area contributed by atoms with Crippen molar-refractivity contribution in [3.63, 3.8) is 0 Å². The number of ether oxygens (including phenoxy) is 3. The molecule has 0 saturated carbocycles. The van der Waals surface area contributed by atoms with E-state index >= 15 is 0 Å². The summed E-state index contributed by atoms with van der Waals surface area (Å²) in [4.78, 5) is 7.48. The van der Waals surface area contributed by atoms with Crippen LogP contribution in [0.15, 0.2) is 23.2 Å². The highest BCUT2D eigenvalue weighted by atomic mass is 16.5. The molecule has 2 N–H and O–H groups in total. The molecule has 0 aliphatic carbocycles. The molecular formula is C25H42N4O3. The Labute approximate surface area is 193 Å². The van der Waals surface area contributed by atoms with Gasteiger partial charge in [-0.25, -0.2) is 0 Å². The van der Waals surface area contributed by atoms with Gasteiger partial charge in [0, 0.05) is 51.0 Å². The van der Waals surface area contributed by atoms with E-state index in [2.05, 4.69) is 36.3 Å². The maximum Gasteiger partial charge on any atom is 0.195 e. The maximum atomic E-state index is 5.84. The van der Waals surface area contributed by atoms with Crippen LogP contribution in [0.5, 0.6) is 11.5 Å². The third kappa shape index (κ3) is 8.51. The first-order chi connectivity index (χ1) is 15.6. The summed E-state index contributed by atoms with van der Waals surface area (Å²) in [6.45, 7) is 14.7. The molecule has 7 heteroatoms. The Morgan fingerprint density at radius 3 is 2.91 bits per heavy atom. The summed E-state index contributed by atoms with van der Waals surface area (Å²) in [6, 6.07) is 6.00. The lowest BCUT2D eigenvalue weighted by Crippen LogP contribution is -2.33. The predicted molar refractivity (Wildman–Crippen MR) is 131 cm³/mol. The third-order valence-electron chi connectivity index (χ3n) is 5.64. The topological polar surface area (TPSA) is 67.4 Å². The standard InChI is InChI=1S/C25H42N4O3/c1-4-11-29-12-9-21(18-29)17-27-25(26-10-5-13-30-19-20(2)3)28-22-7-8-23-24(16-22)32-15-6-14-31-23/h7-8,16,20-21H,4-6,9-15,17-19H2,1-3H3,(H2,26,27,28). The Morgan fingerprint density at radius 2 is 2.09 bits per heavy atom. The van der Waals surface area contributed by atoms with Crippen molar-refractivity contribution in [1.29, 1.82) is 0 Å². The number of hydrogen-bond donors (Lipinski definition) is 2. The van der Waals surface area contributed by atoms with Gasteiger partial charge >= 0.3 is 0 Å². The smallest absolute Gasteiger partial charge is 0.195 e. The first kappa shape index (κ1) is 24.6. The van der Waals surface area contributed by atoms with Crippen LogP contribution < -0.4 is 20.1 Å². The lowest BCUT2D eigenvalue weighted by molar-refractivity contribution is 0.108. The van der Waals surface area contributed by atoms with E-state index in [9.17, 15) is 0 Å². The van der Waals surface area contributed by atoms with Gasteiger partial charge in [0.2, 0.25) is 0 Å². The van der Waals surface area contributed by atoms with Crippen molar-refractivity contribution in [2.24, 2.45) is 16.8 Å². The molecule has 7 nitrogen and oxygen atoms in total. The first-order valence-corrected chi connectivity index (χ1v) is 12.4. The van der Waals surface area contributed by atoms with Crippen molar-refractivity contribution in [3.05, 3.63) is 18.2 Å². The second-order valence-electron chi connectivity index (χ2n) is 9.23. The molecule has 0 spiro atoms. The third-order valence-corrected chi connectivity index (χ3v) is 5.64. The van der Waals surface area contributed by atoms with Gasteiger partial charge in [0.1, 0.15) is 0 Å². The van der Waals surface area contributed by atoms with E-state index in [-0.39, 0.29) is 0 Å². The molecule has 0 aromatic heterocycles. The Bertz CT molecular complexity index is 710. The Morgan fingerprint density at radius 1 is 1.25 bits per heavy atom. The monoisotopic (exact) mass is 446 g/mol. The summed E-state index contributed by atoms with van der Waals surface area (Å²) in [5, 5.41) is 6.95. The molecule has 0 bridgehead atoms. The number of likely N-dealkylation sites (tertiary alicyclic amines) is 1. The van der Waals surface area contributed by atoms with Crippen LogP contribution >= 0.6 is 0 Å². The van der Waals surface area contributed by atoms with E-state index in [0.29, 0.717) is 25.0 Å². The Kier molecular flexibility index (Phi) is 10.4. The van der Waals surface area contributed by atoms with Gasteiger partial charge in [-0.2, -0.15) is 0 Å². The zero-order chi connectivity index (χ0) is 22.6. The molecule has 1 fully saturated rings. The van der Waals surface area contributed by atoms with Gasteiger partial charge in [-0.05, 0) is 56.3 Å². The van der Waals surface area contributed by atoms with Crippen LogP contribution in [-0.4, -0.2) is 70.0 Å². The number of hydrogen-bond acceptors (Lipinski definition) is 5. The summed E-state index contributed by atoms with van der Waals surface area (Å²) < 4.78 is 17.3. The highest BCUT2D eigenvalue weighted by Gasteiger charge is 2.21. The van der Waals surface area contributed by atoms with Crippen LogP contribution in [0.2, 0.25) is 0 Å². The van der Waals surface area contributed by atoms with E-state index in [1.165, 1.54) is 25.9 Å². The second kappa shape index (κ2) is 13.5. The van der Waals surface area contributed by atoms with Crippen molar-refractivity contribution in [2.75, 3.05) is 64.5 Å². The molecule has 180 valence electrons. The molecule has 0 amide bonds. The van der Waals surface area contributed by atoms with Crippen LogP contribution in [0.4, 0.5) is 5.69 Å². The van der Waals surface area contributed by atoms with Gasteiger partial charge < -0.3 is 29.7 Å². The highest BCUT2D eigenvalue weighted by molar-refractivity contribution is 5.94. The van der Waals surface area contributed by atoms with Gasteiger partial charge in [-0.3, -0.25) is 4.99 Å². The number of nitrogens with one attached hydrogen (secondary N) is 2. The van der Waals surface area contributed by atoms with Crippen molar-refractivity contribution in [1.82, 2.24) is 10.2 Å². The quantitative estimate of drug-likeness (QED) is 0.304. The van der Waals surface area contributed by atoms with Gasteiger partial charge in [-0.1, -0.05) is 20.8 Å². The molecule has 2 heterocycles. The van der Waals surface area contributed by atoms with Crippen LogP contribution in [0, 0.1) is 11.8 Å². The Hall–Kier alpha value is -1.99. The number of benzene rings is 1. The zero-order valence-electron chi connectivity index (χ0n) is 20.2. The lowest BCUT2D eigenvalue weighted by atomic mass is 10.1. The number of rotatable bonds is 11.